The predicted molar refractivity (Wildman–Crippen MR) is 79.9 cm³/mol. The van der Waals surface area contributed by atoms with E-state index in [1.807, 2.05) is 30.3 Å². The molecule has 2 N–H and O–H groups in total. The Kier molecular flexibility index (Phi) is 5.31. The molecule has 5 heteroatoms. The summed E-state index contributed by atoms with van der Waals surface area (Å²) in [6.07, 6.45) is -0.290. The highest BCUT2D eigenvalue weighted by Gasteiger charge is 2.14. The lowest BCUT2D eigenvalue weighted by Crippen LogP contribution is -2.33. The quantitative estimate of drug-likeness (QED) is 0.892. The summed E-state index contributed by atoms with van der Waals surface area (Å²) in [5, 5.41) is 12.2. The van der Waals surface area contributed by atoms with Crippen LogP contribution in [-0.4, -0.2) is 23.7 Å². The van der Waals surface area contributed by atoms with Gasteiger partial charge in [0.15, 0.2) is 0 Å². The van der Waals surface area contributed by atoms with Gasteiger partial charge in [-0.05, 0) is 17.7 Å². The van der Waals surface area contributed by atoms with E-state index in [4.69, 9.17) is 11.6 Å². The van der Waals surface area contributed by atoms with Crippen molar-refractivity contribution in [3.8, 4) is 0 Å². The highest BCUT2D eigenvalue weighted by Crippen LogP contribution is 2.19. The zero-order valence-electron chi connectivity index (χ0n) is 11.2. The SMILES string of the molecule is O=C(NCC(O)Cc1ccccc1)c1cccc(F)c1Cl. The zero-order valence-corrected chi connectivity index (χ0v) is 12.0. The van der Waals surface area contributed by atoms with Crippen molar-refractivity contribution < 1.29 is 14.3 Å². The summed E-state index contributed by atoms with van der Waals surface area (Å²) in [5.74, 6) is -1.15. The lowest BCUT2D eigenvalue weighted by Gasteiger charge is -2.12. The topological polar surface area (TPSA) is 49.3 Å². The first kappa shape index (κ1) is 15.5. The molecule has 0 heterocycles. The number of rotatable bonds is 5. The van der Waals surface area contributed by atoms with Gasteiger partial charge in [0.25, 0.3) is 5.91 Å². The third-order valence-corrected chi connectivity index (χ3v) is 3.39. The fraction of sp³-hybridized carbons (Fsp3) is 0.188. The van der Waals surface area contributed by atoms with E-state index in [1.165, 1.54) is 18.2 Å². The average molecular weight is 308 g/mol. The molecule has 1 unspecified atom stereocenters. The maximum Gasteiger partial charge on any atom is 0.252 e. The van der Waals surface area contributed by atoms with Gasteiger partial charge in [0.05, 0.1) is 16.7 Å². The summed E-state index contributed by atoms with van der Waals surface area (Å²) < 4.78 is 13.3. The summed E-state index contributed by atoms with van der Waals surface area (Å²) in [5.41, 5.74) is 1.03. The fourth-order valence-corrected chi connectivity index (χ4v) is 2.16. The zero-order chi connectivity index (χ0) is 15.2. The van der Waals surface area contributed by atoms with Gasteiger partial charge in [-0.2, -0.15) is 0 Å². The molecule has 0 aliphatic heterocycles. The Morgan fingerprint density at radius 1 is 1.19 bits per heavy atom. The van der Waals surface area contributed by atoms with Gasteiger partial charge in [-0.1, -0.05) is 48.0 Å². The largest absolute Gasteiger partial charge is 0.391 e. The molecular formula is C16H15ClFNO2. The van der Waals surface area contributed by atoms with Crippen LogP contribution in [0.15, 0.2) is 48.5 Å². The Morgan fingerprint density at radius 2 is 1.90 bits per heavy atom. The molecule has 0 aliphatic carbocycles. The minimum atomic E-state index is -0.719. The molecule has 0 aliphatic rings. The normalized spacial score (nSPS) is 12.0. The number of amides is 1. The molecule has 2 rings (SSSR count). The predicted octanol–water partition coefficient (Wildman–Crippen LogP) is 2.81. The Labute approximate surface area is 127 Å². The van der Waals surface area contributed by atoms with Crippen LogP contribution in [0.1, 0.15) is 15.9 Å². The van der Waals surface area contributed by atoms with E-state index < -0.39 is 17.8 Å². The van der Waals surface area contributed by atoms with E-state index in [0.717, 1.165) is 5.56 Å². The Morgan fingerprint density at radius 3 is 2.62 bits per heavy atom. The lowest BCUT2D eigenvalue weighted by molar-refractivity contribution is 0.0915. The molecule has 0 radical (unpaired) electrons. The van der Waals surface area contributed by atoms with E-state index in [2.05, 4.69) is 5.32 Å². The van der Waals surface area contributed by atoms with Gasteiger partial charge in [-0.25, -0.2) is 4.39 Å². The van der Waals surface area contributed by atoms with Crippen LogP contribution in [0.5, 0.6) is 0 Å². The second-order valence-corrected chi connectivity index (χ2v) is 5.03. The van der Waals surface area contributed by atoms with Crippen molar-refractivity contribution in [3.63, 3.8) is 0 Å². The maximum atomic E-state index is 13.3. The summed E-state index contributed by atoms with van der Waals surface area (Å²) in [4.78, 5) is 11.9. The molecule has 0 saturated carbocycles. The third kappa shape index (κ3) is 4.28. The first-order valence-electron chi connectivity index (χ1n) is 6.52. The van der Waals surface area contributed by atoms with Crippen LogP contribution >= 0.6 is 11.6 Å². The number of nitrogens with one attached hydrogen (secondary N) is 1. The molecule has 0 fully saturated rings. The smallest absolute Gasteiger partial charge is 0.252 e. The van der Waals surface area contributed by atoms with Crippen molar-refractivity contribution in [1.29, 1.82) is 0 Å². The van der Waals surface area contributed by atoms with Crippen LogP contribution in [0, 0.1) is 5.82 Å². The minimum absolute atomic E-state index is 0.0589. The van der Waals surface area contributed by atoms with Gasteiger partial charge in [0.1, 0.15) is 5.82 Å². The number of hydrogen-bond acceptors (Lipinski definition) is 2. The molecule has 2 aromatic rings. The Bertz CT molecular complexity index is 619. The minimum Gasteiger partial charge on any atom is -0.391 e. The Hall–Kier alpha value is -1.91. The van der Waals surface area contributed by atoms with Crippen molar-refractivity contribution in [2.45, 2.75) is 12.5 Å². The summed E-state index contributed by atoms with van der Waals surface area (Å²) >= 11 is 5.73. The van der Waals surface area contributed by atoms with Crippen molar-refractivity contribution in [2.24, 2.45) is 0 Å². The monoisotopic (exact) mass is 307 g/mol. The highest BCUT2D eigenvalue weighted by molar-refractivity contribution is 6.34. The van der Waals surface area contributed by atoms with Crippen molar-refractivity contribution in [1.82, 2.24) is 5.32 Å². The molecule has 110 valence electrons. The fourth-order valence-electron chi connectivity index (χ4n) is 1.94. The number of carbonyl (C=O) groups is 1. The first-order valence-corrected chi connectivity index (χ1v) is 6.90. The third-order valence-electron chi connectivity index (χ3n) is 3.01. The standard InChI is InChI=1S/C16H15ClFNO2/c17-15-13(7-4-8-14(15)18)16(21)19-10-12(20)9-11-5-2-1-3-6-11/h1-8,12,20H,9-10H2,(H,19,21). The van der Waals surface area contributed by atoms with Gasteiger partial charge in [-0.3, -0.25) is 4.79 Å². The molecule has 2 aromatic carbocycles. The van der Waals surface area contributed by atoms with Gasteiger partial charge in [0.2, 0.25) is 0 Å². The molecule has 3 nitrogen and oxygen atoms in total. The molecule has 1 atom stereocenters. The number of benzene rings is 2. The van der Waals surface area contributed by atoms with E-state index in [9.17, 15) is 14.3 Å². The summed E-state index contributed by atoms with van der Waals surface area (Å²) in [6.45, 7) is 0.0700. The number of carbonyl (C=O) groups excluding carboxylic acids is 1. The summed E-state index contributed by atoms with van der Waals surface area (Å²) in [6, 6.07) is 13.5. The van der Waals surface area contributed by atoms with Crippen LogP contribution < -0.4 is 5.32 Å². The van der Waals surface area contributed by atoms with Gasteiger partial charge in [0, 0.05) is 13.0 Å². The second-order valence-electron chi connectivity index (χ2n) is 4.65. The van der Waals surface area contributed by atoms with Gasteiger partial charge in [-0.15, -0.1) is 0 Å². The average Bonchev–Trinajstić information content (AvgIpc) is 2.48. The molecule has 0 spiro atoms. The van der Waals surface area contributed by atoms with Crippen LogP contribution in [0.2, 0.25) is 5.02 Å². The maximum absolute atomic E-state index is 13.3. The molecule has 0 bridgehead atoms. The molecule has 1 amide bonds. The van der Waals surface area contributed by atoms with Crippen molar-refractivity contribution in [3.05, 3.63) is 70.5 Å². The van der Waals surface area contributed by atoms with Crippen LogP contribution in [0.25, 0.3) is 0 Å². The van der Waals surface area contributed by atoms with E-state index in [1.54, 1.807) is 0 Å². The summed E-state index contributed by atoms with van der Waals surface area (Å²) in [7, 11) is 0. The van der Waals surface area contributed by atoms with Crippen molar-refractivity contribution in [2.75, 3.05) is 6.54 Å². The first-order chi connectivity index (χ1) is 10.1. The van der Waals surface area contributed by atoms with Crippen LogP contribution in [0.3, 0.4) is 0 Å². The number of aliphatic hydroxyl groups excluding tert-OH is 1. The lowest BCUT2D eigenvalue weighted by atomic mass is 10.1. The number of halogens is 2. The van der Waals surface area contributed by atoms with Crippen molar-refractivity contribution >= 4 is 17.5 Å². The molecule has 21 heavy (non-hydrogen) atoms. The Balaban J connectivity index is 1.90. The number of hydrogen-bond donors (Lipinski definition) is 2. The van der Waals surface area contributed by atoms with E-state index in [-0.39, 0.29) is 17.1 Å². The molecular weight excluding hydrogens is 293 g/mol. The molecule has 0 saturated heterocycles. The van der Waals surface area contributed by atoms with Crippen LogP contribution in [-0.2, 0) is 6.42 Å². The van der Waals surface area contributed by atoms with Gasteiger partial charge >= 0.3 is 0 Å². The second kappa shape index (κ2) is 7.20. The number of aliphatic hydroxyl groups is 1. The van der Waals surface area contributed by atoms with E-state index in [0.29, 0.717) is 6.42 Å². The highest BCUT2D eigenvalue weighted by atomic mass is 35.5. The van der Waals surface area contributed by atoms with Crippen LogP contribution in [0.4, 0.5) is 4.39 Å². The van der Waals surface area contributed by atoms with E-state index >= 15 is 0 Å². The molecule has 0 aromatic heterocycles. The van der Waals surface area contributed by atoms with Gasteiger partial charge < -0.3 is 10.4 Å².